The van der Waals surface area contributed by atoms with Gasteiger partial charge in [0.25, 0.3) is 5.56 Å². The zero-order valence-corrected chi connectivity index (χ0v) is 17.0. The first kappa shape index (κ1) is 19.8. The van der Waals surface area contributed by atoms with E-state index in [9.17, 15) is 9.59 Å². The predicted octanol–water partition coefficient (Wildman–Crippen LogP) is 2.06. The molecular formula is C18H21F2N5O3S. The van der Waals surface area contributed by atoms with E-state index in [-0.39, 0.29) is 27.7 Å². The van der Waals surface area contributed by atoms with Crippen molar-refractivity contribution < 1.29 is 13.5 Å². The van der Waals surface area contributed by atoms with E-state index in [0.717, 1.165) is 11.5 Å². The summed E-state index contributed by atoms with van der Waals surface area (Å²) in [5, 5.41) is -0.433. The smallest absolute Gasteiger partial charge is 0.271 e. The van der Waals surface area contributed by atoms with E-state index in [0.29, 0.717) is 31.1 Å². The minimum Gasteiger partial charge on any atom is -0.378 e. The van der Waals surface area contributed by atoms with Crippen molar-refractivity contribution in [3.63, 3.8) is 0 Å². The molecule has 1 fully saturated rings. The Balaban J connectivity index is 2.29. The first-order valence-corrected chi connectivity index (χ1v) is 9.90. The van der Waals surface area contributed by atoms with Crippen molar-refractivity contribution in [3.8, 4) is 0 Å². The van der Waals surface area contributed by atoms with E-state index < -0.39 is 28.2 Å². The first-order valence-electron chi connectivity index (χ1n) is 9.09. The number of hydrogen-bond acceptors (Lipinski definition) is 7. The second-order valence-electron chi connectivity index (χ2n) is 7.87. The molecule has 4 rings (SSSR count). The fraction of sp³-hybridized carbons (Fsp3) is 0.444. The monoisotopic (exact) mass is 425 g/mol. The van der Waals surface area contributed by atoms with E-state index in [4.69, 9.17) is 10.6 Å². The molecule has 0 saturated carbocycles. The molecule has 1 aliphatic rings. The minimum absolute atomic E-state index is 0.0962. The number of pyridine rings is 1. The molecule has 1 aromatic carbocycles. The number of nitrogens with one attached hydrogen (secondary N) is 2. The Labute approximate surface area is 168 Å². The van der Waals surface area contributed by atoms with Gasteiger partial charge in [0.2, 0.25) is 5.43 Å². The zero-order valence-electron chi connectivity index (χ0n) is 16.2. The maximum atomic E-state index is 15.9. The Morgan fingerprint density at radius 3 is 2.38 bits per heavy atom. The van der Waals surface area contributed by atoms with Gasteiger partial charge in [-0.3, -0.25) is 19.8 Å². The summed E-state index contributed by atoms with van der Waals surface area (Å²) in [5.41, 5.74) is -0.569. The average molecular weight is 425 g/mol. The molecule has 1 aliphatic heterocycles. The Morgan fingerprint density at radius 1 is 1.14 bits per heavy atom. The minimum atomic E-state index is -0.969. The lowest BCUT2D eigenvalue weighted by Crippen LogP contribution is -2.38. The highest BCUT2D eigenvalue weighted by molar-refractivity contribution is 7.12. The summed E-state index contributed by atoms with van der Waals surface area (Å²) in [6, 6.07) is 0. The van der Waals surface area contributed by atoms with E-state index in [1.165, 1.54) is 4.90 Å². The number of fused-ring (bicyclic) bond motifs is 2. The number of ether oxygens (including phenoxy) is 1. The van der Waals surface area contributed by atoms with Crippen molar-refractivity contribution in [2.45, 2.75) is 26.3 Å². The van der Waals surface area contributed by atoms with Crippen molar-refractivity contribution in [2.75, 3.05) is 36.6 Å². The summed E-state index contributed by atoms with van der Waals surface area (Å²) in [7, 11) is 0. The SMILES string of the molecule is CC(C)(C)n1c2s[nH]c(=O)c2c(=O)c2c(NN)c(F)c(N3CCOCC3)c(F)c21. The number of rotatable bonds is 2. The zero-order chi connectivity index (χ0) is 21.1. The molecule has 0 radical (unpaired) electrons. The number of nitrogen functional groups attached to an aromatic ring is 1. The van der Waals surface area contributed by atoms with Crippen LogP contribution >= 0.6 is 11.5 Å². The van der Waals surface area contributed by atoms with E-state index in [1.807, 2.05) is 20.8 Å². The molecule has 3 aromatic rings. The molecule has 11 heteroatoms. The van der Waals surface area contributed by atoms with Gasteiger partial charge in [-0.1, -0.05) is 0 Å². The van der Waals surface area contributed by atoms with Crippen LogP contribution in [0.3, 0.4) is 0 Å². The molecule has 0 spiro atoms. The van der Waals surface area contributed by atoms with Crippen molar-refractivity contribution in [3.05, 3.63) is 32.2 Å². The average Bonchev–Trinajstić information content (AvgIpc) is 3.04. The van der Waals surface area contributed by atoms with Crippen LogP contribution in [0.2, 0.25) is 0 Å². The van der Waals surface area contributed by atoms with Crippen LogP contribution in [0.4, 0.5) is 20.2 Å². The highest BCUT2D eigenvalue weighted by Gasteiger charge is 2.32. The lowest BCUT2D eigenvalue weighted by Gasteiger charge is -2.32. The third-order valence-corrected chi connectivity index (χ3v) is 5.90. The standard InChI is InChI=1S/C18H21F2N5O3S/c1-18(2,3)25-13-8(15(26)9-16(27)23-29-17(9)25)12(22-21)10(19)14(11(13)20)24-4-6-28-7-5-24/h22H,4-7,21H2,1-3H3,(H,23,27). The number of halogens is 2. The molecule has 2 aromatic heterocycles. The van der Waals surface area contributed by atoms with Crippen LogP contribution in [0.25, 0.3) is 21.1 Å². The van der Waals surface area contributed by atoms with Crippen LogP contribution in [0.5, 0.6) is 0 Å². The van der Waals surface area contributed by atoms with Gasteiger partial charge in [-0.25, -0.2) is 8.78 Å². The van der Waals surface area contributed by atoms with Crippen LogP contribution < -0.4 is 27.2 Å². The van der Waals surface area contributed by atoms with Gasteiger partial charge < -0.3 is 19.6 Å². The number of hydrazine groups is 1. The highest BCUT2D eigenvalue weighted by atomic mass is 32.1. The third-order valence-electron chi connectivity index (χ3n) is 5.03. The van der Waals surface area contributed by atoms with Gasteiger partial charge in [-0.15, -0.1) is 0 Å². The van der Waals surface area contributed by atoms with E-state index >= 15 is 8.78 Å². The number of hydrogen-bond donors (Lipinski definition) is 3. The predicted molar refractivity (Wildman–Crippen MR) is 110 cm³/mol. The van der Waals surface area contributed by atoms with Gasteiger partial charge in [0.1, 0.15) is 21.6 Å². The molecule has 0 aliphatic carbocycles. The summed E-state index contributed by atoms with van der Waals surface area (Å²) >= 11 is 0.944. The van der Waals surface area contributed by atoms with E-state index in [1.54, 1.807) is 4.57 Å². The van der Waals surface area contributed by atoms with Gasteiger partial charge >= 0.3 is 0 Å². The summed E-state index contributed by atoms with van der Waals surface area (Å²) in [4.78, 5) is 27.2. The lowest BCUT2D eigenvalue weighted by atomic mass is 10.0. The molecular weight excluding hydrogens is 404 g/mol. The van der Waals surface area contributed by atoms with Crippen molar-refractivity contribution in [1.29, 1.82) is 0 Å². The van der Waals surface area contributed by atoms with Crippen molar-refractivity contribution in [2.24, 2.45) is 5.84 Å². The van der Waals surface area contributed by atoms with Gasteiger partial charge in [-0.05, 0) is 32.3 Å². The number of aromatic amines is 1. The number of benzene rings is 1. The summed E-state index contributed by atoms with van der Waals surface area (Å²) in [6.07, 6.45) is 0. The Hall–Kier alpha value is -2.50. The highest BCUT2D eigenvalue weighted by Crippen LogP contribution is 2.39. The molecule has 1 saturated heterocycles. The molecule has 0 atom stereocenters. The summed E-state index contributed by atoms with van der Waals surface area (Å²) < 4.78 is 40.7. The molecule has 0 bridgehead atoms. The van der Waals surface area contributed by atoms with E-state index in [2.05, 4.69) is 9.80 Å². The molecule has 8 nitrogen and oxygen atoms in total. The third kappa shape index (κ3) is 2.83. The van der Waals surface area contributed by atoms with Crippen LogP contribution in [-0.2, 0) is 10.3 Å². The second-order valence-corrected chi connectivity index (χ2v) is 8.66. The molecule has 4 N–H and O–H groups in total. The number of aromatic nitrogens is 2. The van der Waals surface area contributed by atoms with Crippen molar-refractivity contribution in [1.82, 2.24) is 8.94 Å². The normalized spacial score (nSPS) is 15.4. The molecule has 29 heavy (non-hydrogen) atoms. The number of nitrogens with zero attached hydrogens (tertiary/aromatic N) is 2. The fourth-order valence-corrected chi connectivity index (χ4v) is 4.85. The Morgan fingerprint density at radius 2 is 1.79 bits per heavy atom. The maximum Gasteiger partial charge on any atom is 0.271 e. The van der Waals surface area contributed by atoms with Crippen LogP contribution in [0.15, 0.2) is 9.59 Å². The number of morpholine rings is 1. The van der Waals surface area contributed by atoms with Gasteiger partial charge in [-0.2, -0.15) is 0 Å². The maximum absolute atomic E-state index is 15.9. The Bertz CT molecular complexity index is 1240. The molecule has 3 heterocycles. The Kier molecular flexibility index (Phi) is 4.63. The van der Waals surface area contributed by atoms with Crippen molar-refractivity contribution >= 4 is 44.0 Å². The van der Waals surface area contributed by atoms with Crippen LogP contribution in [0, 0.1) is 11.6 Å². The largest absolute Gasteiger partial charge is 0.378 e. The number of nitrogens with two attached hydrogens (primary N) is 1. The topological polar surface area (TPSA) is 105 Å². The summed E-state index contributed by atoms with van der Waals surface area (Å²) in [5.74, 6) is 3.73. The number of anilines is 2. The molecule has 0 amide bonds. The first-order chi connectivity index (χ1) is 13.7. The fourth-order valence-electron chi connectivity index (χ4n) is 3.81. The van der Waals surface area contributed by atoms with Crippen LogP contribution in [-0.4, -0.2) is 35.2 Å². The van der Waals surface area contributed by atoms with Crippen LogP contribution in [0.1, 0.15) is 20.8 Å². The van der Waals surface area contributed by atoms with Gasteiger partial charge in [0.05, 0.1) is 24.1 Å². The lowest BCUT2D eigenvalue weighted by molar-refractivity contribution is 0.122. The van der Waals surface area contributed by atoms with Gasteiger partial charge in [0, 0.05) is 18.6 Å². The quantitative estimate of drug-likeness (QED) is 0.429. The second kappa shape index (κ2) is 6.78. The molecule has 0 unspecified atom stereocenters. The number of H-pyrrole nitrogens is 1. The summed E-state index contributed by atoms with van der Waals surface area (Å²) in [6.45, 7) is 6.68. The molecule has 156 valence electrons. The van der Waals surface area contributed by atoms with Gasteiger partial charge in [0.15, 0.2) is 11.6 Å².